The fourth-order valence-corrected chi connectivity index (χ4v) is 2.38. The molecule has 21 heavy (non-hydrogen) atoms. The first-order valence-corrected chi connectivity index (χ1v) is 6.70. The summed E-state index contributed by atoms with van der Waals surface area (Å²) >= 11 is 0. The van der Waals surface area contributed by atoms with Gasteiger partial charge >= 0.3 is 0 Å². The maximum absolute atomic E-state index is 13.3. The number of amides is 1. The summed E-state index contributed by atoms with van der Waals surface area (Å²) in [4.78, 5) is 14.2. The number of hydrogen-bond donors (Lipinski definition) is 1. The Morgan fingerprint density at radius 2 is 2.05 bits per heavy atom. The van der Waals surface area contributed by atoms with Crippen LogP contribution >= 0.6 is 0 Å². The standard InChI is InChI=1S/C16H15FN2O2/c17-12-5-6-14(18)13(9-12)16(20)19-7-8-21-15-4-2-1-3-11(15)10-19/h1-6,9H,7-8,10,18H2. The lowest BCUT2D eigenvalue weighted by Gasteiger charge is -2.20. The van der Waals surface area contributed by atoms with E-state index in [1.807, 2.05) is 24.3 Å². The zero-order valence-electron chi connectivity index (χ0n) is 11.4. The molecule has 3 rings (SSSR count). The van der Waals surface area contributed by atoms with Gasteiger partial charge in [-0.05, 0) is 24.3 Å². The number of benzene rings is 2. The van der Waals surface area contributed by atoms with Crippen LogP contribution in [0.4, 0.5) is 10.1 Å². The van der Waals surface area contributed by atoms with Crippen molar-refractivity contribution in [1.29, 1.82) is 0 Å². The number of nitrogens with zero attached hydrogens (tertiary/aromatic N) is 1. The fourth-order valence-electron chi connectivity index (χ4n) is 2.38. The van der Waals surface area contributed by atoms with Gasteiger partial charge in [0.1, 0.15) is 18.2 Å². The average Bonchev–Trinajstić information content (AvgIpc) is 2.71. The number of carbonyl (C=O) groups is 1. The van der Waals surface area contributed by atoms with Crippen LogP contribution < -0.4 is 10.5 Å². The molecule has 0 aliphatic carbocycles. The summed E-state index contributed by atoms with van der Waals surface area (Å²) in [5, 5.41) is 0. The van der Waals surface area contributed by atoms with Gasteiger partial charge in [-0.2, -0.15) is 0 Å². The van der Waals surface area contributed by atoms with Crippen molar-refractivity contribution in [2.24, 2.45) is 0 Å². The quantitative estimate of drug-likeness (QED) is 0.819. The molecule has 0 radical (unpaired) electrons. The molecule has 2 N–H and O–H groups in total. The van der Waals surface area contributed by atoms with Crippen LogP contribution in [-0.2, 0) is 6.54 Å². The Kier molecular flexibility index (Phi) is 3.48. The largest absolute Gasteiger partial charge is 0.491 e. The van der Waals surface area contributed by atoms with Crippen LogP contribution in [0.2, 0.25) is 0 Å². The minimum Gasteiger partial charge on any atom is -0.491 e. The summed E-state index contributed by atoms with van der Waals surface area (Å²) in [5.74, 6) is 0.0198. The highest BCUT2D eigenvalue weighted by molar-refractivity contribution is 5.99. The molecule has 1 aliphatic heterocycles. The van der Waals surface area contributed by atoms with Crippen LogP contribution in [0.5, 0.6) is 5.75 Å². The number of para-hydroxylation sites is 1. The third-order valence-electron chi connectivity index (χ3n) is 3.49. The van der Waals surface area contributed by atoms with Gasteiger partial charge in [-0.1, -0.05) is 18.2 Å². The average molecular weight is 286 g/mol. The molecule has 1 aliphatic rings. The Morgan fingerprint density at radius 3 is 2.90 bits per heavy atom. The van der Waals surface area contributed by atoms with Crippen molar-refractivity contribution in [3.63, 3.8) is 0 Å². The number of anilines is 1. The molecule has 108 valence electrons. The van der Waals surface area contributed by atoms with Crippen molar-refractivity contribution < 1.29 is 13.9 Å². The van der Waals surface area contributed by atoms with Crippen LogP contribution in [0, 0.1) is 5.82 Å². The first kappa shape index (κ1) is 13.4. The van der Waals surface area contributed by atoms with Gasteiger partial charge in [-0.15, -0.1) is 0 Å². The van der Waals surface area contributed by atoms with Crippen molar-refractivity contribution in [1.82, 2.24) is 4.90 Å². The number of hydrogen-bond acceptors (Lipinski definition) is 3. The monoisotopic (exact) mass is 286 g/mol. The number of halogens is 1. The van der Waals surface area contributed by atoms with Crippen LogP contribution in [0.15, 0.2) is 42.5 Å². The molecule has 0 atom stereocenters. The van der Waals surface area contributed by atoms with E-state index in [0.29, 0.717) is 19.7 Å². The molecule has 4 nitrogen and oxygen atoms in total. The third-order valence-corrected chi connectivity index (χ3v) is 3.49. The van der Waals surface area contributed by atoms with Crippen LogP contribution in [-0.4, -0.2) is 24.0 Å². The van der Waals surface area contributed by atoms with E-state index in [4.69, 9.17) is 10.5 Å². The van der Waals surface area contributed by atoms with E-state index >= 15 is 0 Å². The molecule has 1 heterocycles. The van der Waals surface area contributed by atoms with Crippen molar-refractivity contribution in [2.75, 3.05) is 18.9 Å². The maximum atomic E-state index is 13.3. The summed E-state index contributed by atoms with van der Waals surface area (Å²) in [7, 11) is 0. The summed E-state index contributed by atoms with van der Waals surface area (Å²) in [5.41, 5.74) is 7.18. The van der Waals surface area contributed by atoms with E-state index in [-0.39, 0.29) is 17.2 Å². The summed E-state index contributed by atoms with van der Waals surface area (Å²) < 4.78 is 19.0. The highest BCUT2D eigenvalue weighted by Gasteiger charge is 2.22. The molecule has 0 saturated carbocycles. The summed E-state index contributed by atoms with van der Waals surface area (Å²) in [6, 6.07) is 11.4. The predicted octanol–water partition coefficient (Wildman–Crippen LogP) is 2.44. The lowest BCUT2D eigenvalue weighted by molar-refractivity contribution is 0.0734. The van der Waals surface area contributed by atoms with Gasteiger partial charge in [0.15, 0.2) is 0 Å². The number of rotatable bonds is 1. The fraction of sp³-hybridized carbons (Fsp3) is 0.188. The Bertz CT molecular complexity index is 688. The predicted molar refractivity (Wildman–Crippen MR) is 77.5 cm³/mol. The second-order valence-electron chi connectivity index (χ2n) is 4.91. The van der Waals surface area contributed by atoms with Gasteiger partial charge in [0.25, 0.3) is 5.91 Å². The van der Waals surface area contributed by atoms with Gasteiger partial charge in [0, 0.05) is 17.8 Å². The van der Waals surface area contributed by atoms with E-state index in [2.05, 4.69) is 0 Å². The van der Waals surface area contributed by atoms with Crippen molar-refractivity contribution in [3.8, 4) is 5.75 Å². The first-order valence-electron chi connectivity index (χ1n) is 6.70. The van der Waals surface area contributed by atoms with Gasteiger partial charge < -0.3 is 15.4 Å². The smallest absolute Gasteiger partial charge is 0.256 e. The topological polar surface area (TPSA) is 55.6 Å². The number of nitrogens with two attached hydrogens (primary N) is 1. The SMILES string of the molecule is Nc1ccc(F)cc1C(=O)N1CCOc2ccccc2C1. The lowest BCUT2D eigenvalue weighted by Crippen LogP contribution is -2.33. The first-order chi connectivity index (χ1) is 10.1. The molecule has 0 spiro atoms. The highest BCUT2D eigenvalue weighted by atomic mass is 19.1. The van der Waals surface area contributed by atoms with Crippen molar-refractivity contribution in [3.05, 3.63) is 59.4 Å². The van der Waals surface area contributed by atoms with Crippen molar-refractivity contribution in [2.45, 2.75) is 6.54 Å². The van der Waals surface area contributed by atoms with Gasteiger partial charge in [-0.3, -0.25) is 4.79 Å². The molecular weight excluding hydrogens is 271 g/mol. The molecular formula is C16H15FN2O2. The Balaban J connectivity index is 1.90. The third kappa shape index (κ3) is 2.67. The molecule has 0 aromatic heterocycles. The number of ether oxygens (including phenoxy) is 1. The molecule has 0 fully saturated rings. The molecule has 5 heteroatoms. The van der Waals surface area contributed by atoms with E-state index < -0.39 is 5.82 Å². The second-order valence-corrected chi connectivity index (χ2v) is 4.91. The van der Waals surface area contributed by atoms with E-state index in [9.17, 15) is 9.18 Å². The van der Waals surface area contributed by atoms with Gasteiger partial charge in [0.2, 0.25) is 0 Å². The minimum atomic E-state index is -0.473. The highest BCUT2D eigenvalue weighted by Crippen LogP contribution is 2.24. The number of fused-ring (bicyclic) bond motifs is 1. The molecule has 0 bridgehead atoms. The van der Waals surface area contributed by atoms with Crippen molar-refractivity contribution >= 4 is 11.6 Å². The molecule has 0 saturated heterocycles. The van der Waals surface area contributed by atoms with Crippen LogP contribution in [0.1, 0.15) is 15.9 Å². The Labute approximate surface area is 121 Å². The van der Waals surface area contributed by atoms with Crippen LogP contribution in [0.3, 0.4) is 0 Å². The van der Waals surface area contributed by atoms with Crippen LogP contribution in [0.25, 0.3) is 0 Å². The zero-order chi connectivity index (χ0) is 14.8. The normalized spacial score (nSPS) is 14.0. The van der Waals surface area contributed by atoms with Gasteiger partial charge in [-0.25, -0.2) is 4.39 Å². The van der Waals surface area contributed by atoms with E-state index in [1.165, 1.54) is 18.2 Å². The lowest BCUT2D eigenvalue weighted by atomic mass is 10.1. The molecule has 1 amide bonds. The van der Waals surface area contributed by atoms with Gasteiger partial charge in [0.05, 0.1) is 12.1 Å². The second kappa shape index (κ2) is 5.44. The van der Waals surface area contributed by atoms with E-state index in [0.717, 1.165) is 11.3 Å². The Hall–Kier alpha value is -2.56. The number of nitrogen functional groups attached to an aromatic ring is 1. The molecule has 2 aromatic carbocycles. The minimum absolute atomic E-state index is 0.189. The number of carbonyl (C=O) groups excluding carboxylic acids is 1. The Morgan fingerprint density at radius 1 is 1.24 bits per heavy atom. The zero-order valence-corrected chi connectivity index (χ0v) is 11.4. The van der Waals surface area contributed by atoms with E-state index in [1.54, 1.807) is 4.90 Å². The summed E-state index contributed by atoms with van der Waals surface area (Å²) in [6.07, 6.45) is 0. The molecule has 0 unspecified atom stereocenters. The molecule has 2 aromatic rings. The summed E-state index contributed by atoms with van der Waals surface area (Å²) in [6.45, 7) is 1.26. The maximum Gasteiger partial charge on any atom is 0.256 e.